The minimum Gasteiger partial charge on any atom is -0.462 e. The lowest BCUT2D eigenvalue weighted by atomic mass is 10.0. The van der Waals surface area contributed by atoms with E-state index in [2.05, 4.69) is 42.7 Å². The van der Waals surface area contributed by atoms with Crippen molar-refractivity contribution in [2.75, 3.05) is 26.4 Å². The molecule has 0 bridgehead atoms. The van der Waals surface area contributed by atoms with Crippen molar-refractivity contribution >= 4 is 19.8 Å². The average molecular weight is 817 g/mol. The smallest absolute Gasteiger partial charge is 0.462 e. The van der Waals surface area contributed by atoms with Crippen molar-refractivity contribution in [2.24, 2.45) is 0 Å². The summed E-state index contributed by atoms with van der Waals surface area (Å²) in [7, 11) is -4.62. The van der Waals surface area contributed by atoms with Crippen molar-refractivity contribution in [3.63, 3.8) is 0 Å². The second-order valence-corrected chi connectivity index (χ2v) is 16.9. The summed E-state index contributed by atoms with van der Waals surface area (Å²) in [4.78, 5) is 35.0. The van der Waals surface area contributed by atoms with Gasteiger partial charge in [0.25, 0.3) is 0 Å². The highest BCUT2D eigenvalue weighted by Crippen LogP contribution is 2.43. The molecule has 3 N–H and O–H groups in total. The molecule has 0 saturated carbocycles. The number of phosphoric acid groups is 1. The first-order valence-corrected chi connectivity index (χ1v) is 24.3. The van der Waals surface area contributed by atoms with E-state index >= 15 is 0 Å². The molecule has 0 aromatic carbocycles. The summed E-state index contributed by atoms with van der Waals surface area (Å²) in [5.74, 6) is -0.953. The minimum atomic E-state index is -4.62. The van der Waals surface area contributed by atoms with Gasteiger partial charge in [-0.2, -0.15) is 0 Å². The largest absolute Gasteiger partial charge is 0.472 e. The van der Waals surface area contributed by atoms with Gasteiger partial charge in [-0.3, -0.25) is 18.6 Å². The van der Waals surface area contributed by atoms with Gasteiger partial charge in [-0.15, -0.1) is 0 Å². The van der Waals surface area contributed by atoms with Crippen LogP contribution in [0.15, 0.2) is 24.3 Å². The van der Waals surface area contributed by atoms with Gasteiger partial charge >= 0.3 is 19.8 Å². The van der Waals surface area contributed by atoms with Crippen LogP contribution in [0.5, 0.6) is 0 Å². The number of carbonyl (C=O) groups excluding carboxylic acids is 2. The van der Waals surface area contributed by atoms with Crippen molar-refractivity contribution in [3.8, 4) is 0 Å². The number of carbonyl (C=O) groups is 2. The Balaban J connectivity index is 4.27. The van der Waals surface area contributed by atoms with Crippen LogP contribution in [0, 0.1) is 0 Å². The normalized spacial score (nSPS) is 14.0. The van der Waals surface area contributed by atoms with E-state index in [1.807, 2.05) is 0 Å². The maximum absolute atomic E-state index is 12.6. The van der Waals surface area contributed by atoms with Crippen LogP contribution in [0.4, 0.5) is 0 Å². The molecule has 3 atom stereocenters. The van der Waals surface area contributed by atoms with Gasteiger partial charge in [0, 0.05) is 12.8 Å². The van der Waals surface area contributed by atoms with Crippen molar-refractivity contribution in [1.82, 2.24) is 0 Å². The molecule has 0 aromatic heterocycles. The molecular formula is C45H85O10P. The van der Waals surface area contributed by atoms with Gasteiger partial charge in [-0.25, -0.2) is 4.57 Å². The molecular weight excluding hydrogens is 731 g/mol. The summed E-state index contributed by atoms with van der Waals surface area (Å²) in [6.07, 6.45) is 41.5. The highest BCUT2D eigenvalue weighted by Gasteiger charge is 2.27. The van der Waals surface area contributed by atoms with Crippen LogP contribution in [0.3, 0.4) is 0 Å². The molecule has 11 heteroatoms. The Labute approximate surface area is 342 Å². The van der Waals surface area contributed by atoms with Gasteiger partial charge < -0.3 is 24.6 Å². The third kappa shape index (κ3) is 40.6. The van der Waals surface area contributed by atoms with Gasteiger partial charge in [0.1, 0.15) is 12.7 Å². The van der Waals surface area contributed by atoms with E-state index in [9.17, 15) is 24.2 Å². The quantitative estimate of drug-likeness (QED) is 0.0235. The molecule has 0 aliphatic carbocycles. The Morgan fingerprint density at radius 3 is 1.41 bits per heavy atom. The number of aliphatic hydroxyl groups excluding tert-OH is 2. The van der Waals surface area contributed by atoms with Crippen LogP contribution in [0.1, 0.15) is 213 Å². The van der Waals surface area contributed by atoms with Gasteiger partial charge in [0.2, 0.25) is 0 Å². The number of ether oxygens (including phenoxy) is 2. The maximum Gasteiger partial charge on any atom is 0.472 e. The molecule has 330 valence electrons. The third-order valence-electron chi connectivity index (χ3n) is 9.86. The highest BCUT2D eigenvalue weighted by molar-refractivity contribution is 7.47. The topological polar surface area (TPSA) is 149 Å². The van der Waals surface area contributed by atoms with Gasteiger partial charge in [0.05, 0.1) is 19.8 Å². The predicted octanol–water partition coefficient (Wildman–Crippen LogP) is 12.2. The molecule has 0 fully saturated rings. The zero-order chi connectivity index (χ0) is 41.2. The first-order valence-electron chi connectivity index (χ1n) is 22.8. The Morgan fingerprint density at radius 2 is 0.929 bits per heavy atom. The van der Waals surface area contributed by atoms with Crippen LogP contribution in [-0.4, -0.2) is 65.7 Å². The Kier molecular flexibility index (Phi) is 40.5. The Hall–Kier alpha value is -1.55. The molecule has 0 aliphatic rings. The van der Waals surface area contributed by atoms with Crippen LogP contribution in [0.25, 0.3) is 0 Å². The zero-order valence-corrected chi connectivity index (χ0v) is 36.8. The van der Waals surface area contributed by atoms with Crippen molar-refractivity contribution in [3.05, 3.63) is 24.3 Å². The van der Waals surface area contributed by atoms with Gasteiger partial charge in [-0.05, 0) is 44.9 Å². The highest BCUT2D eigenvalue weighted by atomic mass is 31.2. The van der Waals surface area contributed by atoms with Crippen LogP contribution >= 0.6 is 7.82 Å². The lowest BCUT2D eigenvalue weighted by molar-refractivity contribution is -0.161. The number of esters is 2. The molecule has 0 spiro atoms. The molecule has 1 unspecified atom stereocenters. The number of phosphoric ester groups is 1. The van der Waals surface area contributed by atoms with E-state index in [1.54, 1.807) is 0 Å². The molecule has 0 heterocycles. The third-order valence-corrected chi connectivity index (χ3v) is 10.8. The van der Waals surface area contributed by atoms with E-state index in [1.165, 1.54) is 128 Å². The Bertz CT molecular complexity index is 988. The lowest BCUT2D eigenvalue weighted by Crippen LogP contribution is -2.29. The summed E-state index contributed by atoms with van der Waals surface area (Å²) in [6.45, 7) is 2.36. The molecule has 56 heavy (non-hydrogen) atoms. The molecule has 0 amide bonds. The van der Waals surface area contributed by atoms with Crippen LogP contribution in [-0.2, 0) is 32.7 Å². The second kappa shape index (κ2) is 41.6. The van der Waals surface area contributed by atoms with Crippen molar-refractivity contribution < 1.29 is 47.8 Å². The summed E-state index contributed by atoms with van der Waals surface area (Å²) in [5.41, 5.74) is 0. The SMILES string of the molecule is CCCCCCCC/C=C/C/C=C/CCCCC(=O)O[C@H](COC(=O)CCCCCCCCCCCCCCCCCCCC)COP(=O)(O)OC[C@@H](O)CO. The first kappa shape index (κ1) is 54.5. The fourth-order valence-electron chi connectivity index (χ4n) is 6.32. The van der Waals surface area contributed by atoms with Gasteiger partial charge in [0.15, 0.2) is 6.10 Å². The second-order valence-electron chi connectivity index (χ2n) is 15.4. The molecule has 10 nitrogen and oxygen atoms in total. The van der Waals surface area contributed by atoms with E-state index in [0.29, 0.717) is 12.8 Å². The molecule has 0 aliphatic heterocycles. The fourth-order valence-corrected chi connectivity index (χ4v) is 7.11. The number of allylic oxidation sites excluding steroid dienone is 4. The standard InChI is InChI=1S/C45H85O10P/c1-3-5-7-9-11-13-15-17-19-20-21-23-24-26-28-30-32-34-36-44(48)52-40-43(41-54-56(50,51)53-39-42(47)38-46)55-45(49)37-35-33-31-29-27-25-22-18-16-14-12-10-8-6-4-2/h18,22,27,29,42-43,46-47H,3-17,19-21,23-26,28,30-41H2,1-2H3,(H,50,51)/b22-18+,29-27+/t42-,43+/m0/s1. The monoisotopic (exact) mass is 817 g/mol. The predicted molar refractivity (Wildman–Crippen MR) is 228 cm³/mol. The number of aliphatic hydroxyl groups is 2. The van der Waals surface area contributed by atoms with Crippen LogP contribution < -0.4 is 0 Å². The number of rotatable bonds is 43. The van der Waals surface area contributed by atoms with E-state index in [-0.39, 0.29) is 19.4 Å². The summed E-state index contributed by atoms with van der Waals surface area (Å²) in [6, 6.07) is 0. The van der Waals surface area contributed by atoms with Gasteiger partial charge in [-0.1, -0.05) is 179 Å². The number of unbranched alkanes of at least 4 members (excludes halogenated alkanes) is 25. The summed E-state index contributed by atoms with van der Waals surface area (Å²) >= 11 is 0. The van der Waals surface area contributed by atoms with E-state index in [4.69, 9.17) is 19.1 Å². The van der Waals surface area contributed by atoms with E-state index < -0.39 is 51.8 Å². The maximum atomic E-state index is 12.6. The zero-order valence-electron chi connectivity index (χ0n) is 35.9. The molecule has 0 rings (SSSR count). The Morgan fingerprint density at radius 1 is 0.536 bits per heavy atom. The molecule has 0 aromatic rings. The van der Waals surface area contributed by atoms with Crippen molar-refractivity contribution in [2.45, 2.75) is 225 Å². The van der Waals surface area contributed by atoms with E-state index in [0.717, 1.165) is 44.9 Å². The summed E-state index contributed by atoms with van der Waals surface area (Å²) < 4.78 is 32.7. The lowest BCUT2D eigenvalue weighted by Gasteiger charge is -2.20. The average Bonchev–Trinajstić information content (AvgIpc) is 3.19. The number of hydrogen-bond donors (Lipinski definition) is 3. The summed E-state index contributed by atoms with van der Waals surface area (Å²) in [5, 5.41) is 18.3. The van der Waals surface area contributed by atoms with Crippen molar-refractivity contribution in [1.29, 1.82) is 0 Å². The minimum absolute atomic E-state index is 0.145. The van der Waals surface area contributed by atoms with Crippen LogP contribution in [0.2, 0.25) is 0 Å². The fraction of sp³-hybridized carbons (Fsp3) is 0.867. The number of hydrogen-bond acceptors (Lipinski definition) is 9. The molecule has 0 radical (unpaired) electrons. The molecule has 0 saturated heterocycles. The first-order chi connectivity index (χ1) is 27.2.